The van der Waals surface area contributed by atoms with Crippen molar-refractivity contribution in [3.05, 3.63) is 72.6 Å². The van der Waals surface area contributed by atoms with Crippen molar-refractivity contribution in [1.29, 1.82) is 0 Å². The predicted octanol–water partition coefficient (Wildman–Crippen LogP) is 4.16. The summed E-state index contributed by atoms with van der Waals surface area (Å²) in [5, 5.41) is 3.18. The number of rotatable bonds is 6. The van der Waals surface area contributed by atoms with Gasteiger partial charge >= 0.3 is 5.97 Å². The molecule has 0 bridgehead atoms. The van der Waals surface area contributed by atoms with Gasteiger partial charge in [-0.15, -0.1) is 0 Å². The number of anilines is 4. The number of para-hydroxylation sites is 2. The maximum atomic E-state index is 11.9. The third kappa shape index (κ3) is 3.80. The van der Waals surface area contributed by atoms with E-state index in [0.29, 0.717) is 17.1 Å². The van der Waals surface area contributed by atoms with Crippen LogP contribution in [0.25, 0.3) is 0 Å². The van der Waals surface area contributed by atoms with E-state index in [9.17, 15) is 4.79 Å². The first-order valence-corrected chi connectivity index (χ1v) is 8.32. The number of hydrogen-bond acceptors (Lipinski definition) is 6. The molecule has 0 aliphatic rings. The third-order valence-electron chi connectivity index (χ3n) is 3.91. The Balaban J connectivity index is 1.90. The normalized spacial score (nSPS) is 10.2. The number of nitrogens with one attached hydrogen (secondary N) is 1. The Kier molecular flexibility index (Phi) is 5.43. The van der Waals surface area contributed by atoms with Gasteiger partial charge in [-0.2, -0.15) is 0 Å². The minimum atomic E-state index is -0.401. The van der Waals surface area contributed by atoms with Crippen molar-refractivity contribution in [2.45, 2.75) is 6.92 Å². The Hall–Kier alpha value is -3.41. The summed E-state index contributed by atoms with van der Waals surface area (Å²) in [6, 6.07) is 19.0. The molecule has 2 aromatic carbocycles. The van der Waals surface area contributed by atoms with Gasteiger partial charge in [0.15, 0.2) is 0 Å². The second-order valence-electron chi connectivity index (χ2n) is 5.50. The largest absolute Gasteiger partial charge is 0.465 e. The summed E-state index contributed by atoms with van der Waals surface area (Å²) in [4.78, 5) is 22.7. The van der Waals surface area contributed by atoms with Crippen LogP contribution in [0.1, 0.15) is 17.3 Å². The highest BCUT2D eigenvalue weighted by Gasteiger charge is 2.13. The van der Waals surface area contributed by atoms with Gasteiger partial charge in [-0.3, -0.25) is 0 Å². The Morgan fingerprint density at radius 2 is 1.81 bits per heavy atom. The number of carbonyl (C=O) groups excluding carboxylic acids is 1. The standard InChI is InChI=1S/C20H20N4O2/c1-3-24(15-9-5-4-6-10-15)19-13-18(21-14-22-19)23-17-12-8-7-11-16(17)20(25)26-2/h4-14H,3H2,1-2H3,(H,21,22,23). The molecule has 0 unspecified atom stereocenters. The lowest BCUT2D eigenvalue weighted by Gasteiger charge is -2.22. The average molecular weight is 348 g/mol. The molecule has 3 aromatic rings. The highest BCUT2D eigenvalue weighted by atomic mass is 16.5. The van der Waals surface area contributed by atoms with E-state index >= 15 is 0 Å². The van der Waals surface area contributed by atoms with E-state index in [0.717, 1.165) is 18.1 Å². The van der Waals surface area contributed by atoms with Crippen LogP contribution in [0.2, 0.25) is 0 Å². The Bertz CT molecular complexity index is 884. The number of hydrogen-bond donors (Lipinski definition) is 1. The minimum Gasteiger partial charge on any atom is -0.465 e. The topological polar surface area (TPSA) is 67.4 Å². The zero-order chi connectivity index (χ0) is 18.4. The van der Waals surface area contributed by atoms with E-state index in [1.54, 1.807) is 12.1 Å². The van der Waals surface area contributed by atoms with E-state index < -0.39 is 5.97 Å². The molecule has 0 saturated carbocycles. The van der Waals surface area contributed by atoms with E-state index in [4.69, 9.17) is 4.74 Å². The molecule has 1 heterocycles. The van der Waals surface area contributed by atoms with Crippen LogP contribution in [-0.4, -0.2) is 29.6 Å². The minimum absolute atomic E-state index is 0.401. The molecule has 0 aliphatic heterocycles. The maximum absolute atomic E-state index is 11.9. The van der Waals surface area contributed by atoms with Crippen molar-refractivity contribution in [1.82, 2.24) is 9.97 Å². The van der Waals surface area contributed by atoms with Crippen molar-refractivity contribution in [3.63, 3.8) is 0 Å². The van der Waals surface area contributed by atoms with Gasteiger partial charge in [-0.05, 0) is 31.2 Å². The first-order chi connectivity index (χ1) is 12.7. The molecule has 132 valence electrons. The molecule has 0 atom stereocenters. The zero-order valence-electron chi connectivity index (χ0n) is 14.7. The van der Waals surface area contributed by atoms with Crippen LogP contribution < -0.4 is 10.2 Å². The van der Waals surface area contributed by atoms with Crippen LogP contribution in [0.3, 0.4) is 0 Å². The lowest BCUT2D eigenvalue weighted by molar-refractivity contribution is 0.0602. The average Bonchev–Trinajstić information content (AvgIpc) is 2.69. The van der Waals surface area contributed by atoms with Gasteiger partial charge in [0.2, 0.25) is 0 Å². The van der Waals surface area contributed by atoms with E-state index in [-0.39, 0.29) is 0 Å². The summed E-state index contributed by atoms with van der Waals surface area (Å²) in [6.07, 6.45) is 1.50. The smallest absolute Gasteiger partial charge is 0.339 e. The molecule has 0 aliphatic carbocycles. The third-order valence-corrected chi connectivity index (χ3v) is 3.91. The predicted molar refractivity (Wildman–Crippen MR) is 102 cm³/mol. The number of carbonyl (C=O) groups is 1. The highest BCUT2D eigenvalue weighted by molar-refractivity contribution is 5.96. The molecule has 0 fully saturated rings. The molecular formula is C20H20N4O2. The molecule has 6 heteroatoms. The molecule has 1 N–H and O–H groups in total. The Labute approximate surface area is 152 Å². The Morgan fingerprint density at radius 1 is 1.08 bits per heavy atom. The summed E-state index contributed by atoms with van der Waals surface area (Å²) >= 11 is 0. The molecule has 0 amide bonds. The summed E-state index contributed by atoms with van der Waals surface area (Å²) in [5.41, 5.74) is 2.13. The number of esters is 1. The molecule has 0 spiro atoms. The van der Waals surface area contributed by atoms with Gasteiger partial charge in [0.25, 0.3) is 0 Å². The SMILES string of the molecule is CCN(c1ccccc1)c1cc(Nc2ccccc2C(=O)OC)ncn1. The van der Waals surface area contributed by atoms with Crippen molar-refractivity contribution < 1.29 is 9.53 Å². The molecular weight excluding hydrogens is 328 g/mol. The van der Waals surface area contributed by atoms with Crippen LogP contribution >= 0.6 is 0 Å². The number of methoxy groups -OCH3 is 1. The number of aromatic nitrogens is 2. The van der Waals surface area contributed by atoms with Crippen LogP contribution in [0.5, 0.6) is 0 Å². The quantitative estimate of drug-likeness (QED) is 0.675. The molecule has 26 heavy (non-hydrogen) atoms. The Morgan fingerprint density at radius 3 is 2.54 bits per heavy atom. The summed E-state index contributed by atoms with van der Waals surface area (Å²) in [7, 11) is 1.36. The van der Waals surface area contributed by atoms with Crippen LogP contribution in [0.15, 0.2) is 67.0 Å². The summed E-state index contributed by atoms with van der Waals surface area (Å²) in [5.74, 6) is 0.967. The number of nitrogens with zero attached hydrogens (tertiary/aromatic N) is 3. The summed E-state index contributed by atoms with van der Waals surface area (Å²) in [6.45, 7) is 2.83. The molecule has 0 radical (unpaired) electrons. The fraction of sp³-hybridized carbons (Fsp3) is 0.150. The second kappa shape index (κ2) is 8.11. The van der Waals surface area contributed by atoms with Crippen molar-refractivity contribution >= 4 is 29.0 Å². The monoisotopic (exact) mass is 348 g/mol. The van der Waals surface area contributed by atoms with E-state index in [1.807, 2.05) is 48.5 Å². The molecule has 0 saturated heterocycles. The summed E-state index contributed by atoms with van der Waals surface area (Å²) < 4.78 is 4.83. The fourth-order valence-electron chi connectivity index (χ4n) is 2.67. The molecule has 3 rings (SSSR count). The van der Waals surface area contributed by atoms with Crippen molar-refractivity contribution in [2.75, 3.05) is 23.9 Å². The van der Waals surface area contributed by atoms with Crippen molar-refractivity contribution in [2.24, 2.45) is 0 Å². The van der Waals surface area contributed by atoms with Gasteiger partial charge in [0, 0.05) is 18.3 Å². The second-order valence-corrected chi connectivity index (χ2v) is 5.50. The van der Waals surface area contributed by atoms with Gasteiger partial charge < -0.3 is 15.0 Å². The highest BCUT2D eigenvalue weighted by Crippen LogP contribution is 2.26. The van der Waals surface area contributed by atoms with Crippen LogP contribution in [0.4, 0.5) is 23.0 Å². The van der Waals surface area contributed by atoms with Crippen LogP contribution in [0, 0.1) is 0 Å². The zero-order valence-corrected chi connectivity index (χ0v) is 14.7. The van der Waals surface area contributed by atoms with Crippen molar-refractivity contribution in [3.8, 4) is 0 Å². The first-order valence-electron chi connectivity index (χ1n) is 8.32. The molecule has 1 aromatic heterocycles. The van der Waals surface area contributed by atoms with E-state index in [2.05, 4.69) is 27.1 Å². The number of benzene rings is 2. The van der Waals surface area contributed by atoms with Crippen LogP contribution in [-0.2, 0) is 4.74 Å². The lowest BCUT2D eigenvalue weighted by atomic mass is 10.2. The van der Waals surface area contributed by atoms with Gasteiger partial charge in [0.1, 0.15) is 18.0 Å². The van der Waals surface area contributed by atoms with Gasteiger partial charge in [0.05, 0.1) is 18.4 Å². The number of ether oxygens (including phenoxy) is 1. The van der Waals surface area contributed by atoms with Gasteiger partial charge in [-0.25, -0.2) is 14.8 Å². The van der Waals surface area contributed by atoms with Gasteiger partial charge in [-0.1, -0.05) is 30.3 Å². The molecule has 6 nitrogen and oxygen atoms in total. The fourth-order valence-corrected chi connectivity index (χ4v) is 2.67. The maximum Gasteiger partial charge on any atom is 0.339 e. The van der Waals surface area contributed by atoms with E-state index in [1.165, 1.54) is 13.4 Å². The first kappa shape index (κ1) is 17.4. The lowest BCUT2D eigenvalue weighted by Crippen LogP contribution is -2.17.